The smallest absolute Gasteiger partial charge is 0.224 e. The van der Waals surface area contributed by atoms with Gasteiger partial charge in [0.2, 0.25) is 11.8 Å². The second-order valence-electron chi connectivity index (χ2n) is 6.67. The number of nitrogens with zero attached hydrogens (tertiary/aromatic N) is 2. The molecule has 0 spiro atoms. The van der Waals surface area contributed by atoms with E-state index in [1.54, 1.807) is 17.2 Å². The predicted octanol–water partition coefficient (Wildman–Crippen LogP) is 4.14. The Morgan fingerprint density at radius 2 is 1.89 bits per heavy atom. The minimum atomic E-state index is -0.159. The number of pyridine rings is 1. The molecule has 0 radical (unpaired) electrons. The molecule has 0 fully saturated rings. The van der Waals surface area contributed by atoms with E-state index in [4.69, 9.17) is 0 Å². The standard InChI is InChI=1S/C22H27N3O2/c1-4-15-25(16-18-9-7-8-14-23-18)22(27)13-12-21(26)24-20-11-6-5-10-19(20)17(2)3/h4-11,14,17H,1,12-13,15-16H2,2-3H3,(H,24,26). The largest absolute Gasteiger partial charge is 0.333 e. The van der Waals surface area contributed by atoms with Crippen LogP contribution in [0.25, 0.3) is 0 Å². The summed E-state index contributed by atoms with van der Waals surface area (Å²) >= 11 is 0. The maximum absolute atomic E-state index is 12.5. The molecule has 142 valence electrons. The third-order valence-corrected chi connectivity index (χ3v) is 4.20. The maximum atomic E-state index is 12.5. The lowest BCUT2D eigenvalue weighted by molar-refractivity contribution is -0.133. The molecule has 0 aliphatic heterocycles. The van der Waals surface area contributed by atoms with Gasteiger partial charge in [0.05, 0.1) is 12.2 Å². The normalized spacial score (nSPS) is 10.5. The third-order valence-electron chi connectivity index (χ3n) is 4.20. The van der Waals surface area contributed by atoms with Gasteiger partial charge in [-0.2, -0.15) is 0 Å². The molecule has 0 saturated carbocycles. The highest BCUT2D eigenvalue weighted by molar-refractivity contribution is 5.94. The Kier molecular flexibility index (Phi) is 7.74. The topological polar surface area (TPSA) is 62.3 Å². The summed E-state index contributed by atoms with van der Waals surface area (Å²) in [4.78, 5) is 30.8. The molecular weight excluding hydrogens is 338 g/mol. The van der Waals surface area contributed by atoms with E-state index in [0.717, 1.165) is 16.9 Å². The number of amides is 2. The molecule has 27 heavy (non-hydrogen) atoms. The van der Waals surface area contributed by atoms with E-state index in [2.05, 4.69) is 30.7 Å². The fourth-order valence-corrected chi connectivity index (χ4v) is 2.80. The lowest BCUT2D eigenvalue weighted by Crippen LogP contribution is -2.31. The molecule has 1 aromatic heterocycles. The van der Waals surface area contributed by atoms with Crippen LogP contribution in [0.4, 0.5) is 5.69 Å². The SMILES string of the molecule is C=CCN(Cc1ccccn1)C(=O)CCC(=O)Nc1ccccc1C(C)C. The summed E-state index contributed by atoms with van der Waals surface area (Å²) in [6, 6.07) is 13.3. The number of para-hydroxylation sites is 1. The molecule has 1 aromatic carbocycles. The molecular formula is C22H27N3O2. The summed E-state index contributed by atoms with van der Waals surface area (Å²) < 4.78 is 0. The van der Waals surface area contributed by atoms with Crippen molar-refractivity contribution in [2.24, 2.45) is 0 Å². The van der Waals surface area contributed by atoms with Crippen molar-refractivity contribution in [1.29, 1.82) is 0 Å². The van der Waals surface area contributed by atoms with Crippen molar-refractivity contribution in [2.75, 3.05) is 11.9 Å². The van der Waals surface area contributed by atoms with Crippen LogP contribution >= 0.6 is 0 Å². The van der Waals surface area contributed by atoms with Crippen molar-refractivity contribution in [1.82, 2.24) is 9.88 Å². The van der Waals surface area contributed by atoms with Crippen molar-refractivity contribution in [3.63, 3.8) is 0 Å². The van der Waals surface area contributed by atoms with Crippen molar-refractivity contribution < 1.29 is 9.59 Å². The van der Waals surface area contributed by atoms with E-state index in [0.29, 0.717) is 19.0 Å². The minimum absolute atomic E-state index is 0.0900. The van der Waals surface area contributed by atoms with Gasteiger partial charge in [0, 0.05) is 31.3 Å². The average Bonchev–Trinajstić information content (AvgIpc) is 2.67. The Morgan fingerprint density at radius 3 is 2.56 bits per heavy atom. The first-order valence-corrected chi connectivity index (χ1v) is 9.18. The number of hydrogen-bond acceptors (Lipinski definition) is 3. The first-order chi connectivity index (χ1) is 13.0. The van der Waals surface area contributed by atoms with Crippen molar-refractivity contribution >= 4 is 17.5 Å². The Labute approximate surface area is 161 Å². The Morgan fingerprint density at radius 1 is 1.15 bits per heavy atom. The van der Waals surface area contributed by atoms with Crippen LogP contribution < -0.4 is 5.32 Å². The summed E-state index contributed by atoms with van der Waals surface area (Å²) in [5, 5.41) is 2.93. The molecule has 0 unspecified atom stereocenters. The molecule has 2 amide bonds. The summed E-state index contributed by atoms with van der Waals surface area (Å²) in [7, 11) is 0. The average molecular weight is 365 g/mol. The van der Waals surface area contributed by atoms with E-state index in [9.17, 15) is 9.59 Å². The van der Waals surface area contributed by atoms with E-state index < -0.39 is 0 Å². The van der Waals surface area contributed by atoms with Crippen molar-refractivity contribution in [3.8, 4) is 0 Å². The quantitative estimate of drug-likeness (QED) is 0.679. The van der Waals surface area contributed by atoms with Crippen LogP contribution in [0.15, 0.2) is 61.3 Å². The molecule has 5 heteroatoms. The molecule has 0 saturated heterocycles. The Bertz CT molecular complexity index is 772. The van der Waals surface area contributed by atoms with Gasteiger partial charge in [-0.1, -0.05) is 44.2 Å². The number of nitrogens with one attached hydrogen (secondary N) is 1. The lowest BCUT2D eigenvalue weighted by Gasteiger charge is -2.21. The third kappa shape index (κ3) is 6.37. The van der Waals surface area contributed by atoms with Crippen molar-refractivity contribution in [2.45, 2.75) is 39.2 Å². The number of carbonyl (C=O) groups excluding carboxylic acids is 2. The van der Waals surface area contributed by atoms with Gasteiger partial charge in [-0.15, -0.1) is 6.58 Å². The zero-order chi connectivity index (χ0) is 19.6. The summed E-state index contributed by atoms with van der Waals surface area (Å²) in [5.41, 5.74) is 2.70. The monoisotopic (exact) mass is 365 g/mol. The summed E-state index contributed by atoms with van der Waals surface area (Å²) in [6.07, 6.45) is 3.67. The van der Waals surface area contributed by atoms with Crippen LogP contribution in [0.3, 0.4) is 0 Å². The van der Waals surface area contributed by atoms with Crippen LogP contribution in [0.2, 0.25) is 0 Å². The van der Waals surface area contributed by atoms with Crippen LogP contribution in [0.1, 0.15) is 43.9 Å². The minimum Gasteiger partial charge on any atom is -0.333 e. The van der Waals surface area contributed by atoms with Gasteiger partial charge in [0.1, 0.15) is 0 Å². The molecule has 2 aromatic rings. The van der Waals surface area contributed by atoms with Gasteiger partial charge in [-0.25, -0.2) is 0 Å². The highest BCUT2D eigenvalue weighted by Crippen LogP contribution is 2.23. The molecule has 1 heterocycles. The number of benzene rings is 1. The first kappa shape index (κ1) is 20.4. The van der Waals surface area contributed by atoms with Crippen LogP contribution in [0.5, 0.6) is 0 Å². The lowest BCUT2D eigenvalue weighted by atomic mass is 10.0. The second kappa shape index (κ2) is 10.3. The molecule has 0 atom stereocenters. The van der Waals surface area contributed by atoms with Gasteiger partial charge in [0.25, 0.3) is 0 Å². The molecule has 1 N–H and O–H groups in total. The number of hydrogen-bond donors (Lipinski definition) is 1. The van der Waals surface area contributed by atoms with E-state index in [-0.39, 0.29) is 24.7 Å². The summed E-state index contributed by atoms with van der Waals surface area (Å²) in [5.74, 6) is 0.0604. The van der Waals surface area contributed by atoms with E-state index >= 15 is 0 Å². The van der Waals surface area contributed by atoms with Gasteiger partial charge in [0.15, 0.2) is 0 Å². The highest BCUT2D eigenvalue weighted by atomic mass is 16.2. The van der Waals surface area contributed by atoms with E-state index in [1.807, 2.05) is 42.5 Å². The fourth-order valence-electron chi connectivity index (χ4n) is 2.80. The fraction of sp³-hybridized carbons (Fsp3) is 0.318. The zero-order valence-electron chi connectivity index (χ0n) is 16.0. The molecule has 0 bridgehead atoms. The van der Waals surface area contributed by atoms with Crippen LogP contribution in [-0.2, 0) is 16.1 Å². The van der Waals surface area contributed by atoms with Gasteiger partial charge in [-0.05, 0) is 29.7 Å². The molecule has 0 aliphatic carbocycles. The molecule has 2 rings (SSSR count). The predicted molar refractivity (Wildman–Crippen MR) is 108 cm³/mol. The Balaban J connectivity index is 1.92. The first-order valence-electron chi connectivity index (χ1n) is 9.18. The van der Waals surface area contributed by atoms with Gasteiger partial charge in [-0.3, -0.25) is 14.6 Å². The number of carbonyl (C=O) groups is 2. The number of rotatable bonds is 9. The van der Waals surface area contributed by atoms with Crippen LogP contribution in [-0.4, -0.2) is 28.2 Å². The van der Waals surface area contributed by atoms with Gasteiger partial charge >= 0.3 is 0 Å². The van der Waals surface area contributed by atoms with Gasteiger partial charge < -0.3 is 10.2 Å². The molecule has 0 aliphatic rings. The van der Waals surface area contributed by atoms with Crippen LogP contribution in [0, 0.1) is 0 Å². The maximum Gasteiger partial charge on any atom is 0.224 e. The number of aromatic nitrogens is 1. The number of anilines is 1. The Hall–Kier alpha value is -2.95. The second-order valence-corrected chi connectivity index (χ2v) is 6.67. The highest BCUT2D eigenvalue weighted by Gasteiger charge is 2.16. The molecule has 5 nitrogen and oxygen atoms in total. The summed E-state index contributed by atoms with van der Waals surface area (Å²) in [6.45, 7) is 8.70. The van der Waals surface area contributed by atoms with Crippen molar-refractivity contribution in [3.05, 3.63) is 72.6 Å². The zero-order valence-corrected chi connectivity index (χ0v) is 16.0. The van der Waals surface area contributed by atoms with E-state index in [1.165, 1.54) is 0 Å².